The SMILES string of the molecule is C/C=C\C=NC(C)CO.CC.CSc1ccc(C(=N)C(N)=O)cc1.O.O.[HH]. The fraction of sp³-hybridized carbons (Fsp3) is 0.389. The maximum atomic E-state index is 10.6. The Hall–Kier alpha value is -2.00. The molecule has 1 rings (SSSR count). The Morgan fingerprint density at radius 1 is 1.35 bits per heavy atom. The van der Waals surface area contributed by atoms with E-state index in [0.29, 0.717) is 5.56 Å². The molecule has 0 radical (unpaired) electrons. The molecule has 0 spiro atoms. The van der Waals surface area contributed by atoms with E-state index in [-0.39, 0.29) is 30.7 Å². The van der Waals surface area contributed by atoms with Crippen molar-refractivity contribution < 1.29 is 22.3 Å². The third kappa shape index (κ3) is 15.5. The largest absolute Gasteiger partial charge is 0.412 e. The first-order valence-electron chi connectivity index (χ1n) is 7.74. The normalized spacial score (nSPS) is 10.4. The number of rotatable bonds is 6. The molecule has 1 aromatic rings. The topological polar surface area (TPSA) is 163 Å². The van der Waals surface area contributed by atoms with Gasteiger partial charge in [0.25, 0.3) is 5.91 Å². The lowest BCUT2D eigenvalue weighted by atomic mass is 10.1. The van der Waals surface area contributed by atoms with Gasteiger partial charge in [0.15, 0.2) is 0 Å². The van der Waals surface area contributed by atoms with Crippen molar-refractivity contribution in [3.05, 3.63) is 42.0 Å². The Bertz CT molecular complexity index is 538. The number of benzene rings is 1. The number of allylic oxidation sites excluding steroid dienone is 2. The lowest BCUT2D eigenvalue weighted by Crippen LogP contribution is -2.22. The van der Waals surface area contributed by atoms with E-state index in [2.05, 4.69) is 4.99 Å². The molecule has 0 aliphatic carbocycles. The number of hydrogen-bond acceptors (Lipinski definition) is 5. The first kappa shape index (κ1) is 31.7. The smallest absolute Gasteiger partial charge is 0.267 e. The lowest BCUT2D eigenvalue weighted by Gasteiger charge is -2.00. The van der Waals surface area contributed by atoms with Gasteiger partial charge in [-0.3, -0.25) is 15.2 Å². The molecule has 0 saturated carbocycles. The fourth-order valence-corrected chi connectivity index (χ4v) is 1.64. The second kappa shape index (κ2) is 21.0. The molecule has 1 unspecified atom stereocenters. The van der Waals surface area contributed by atoms with Crippen LogP contribution >= 0.6 is 11.8 Å². The molecular formula is C18H35N3O4S. The maximum absolute atomic E-state index is 10.6. The molecule has 0 aromatic heterocycles. The van der Waals surface area contributed by atoms with Crippen LogP contribution in [0.1, 0.15) is 34.7 Å². The van der Waals surface area contributed by atoms with Gasteiger partial charge >= 0.3 is 0 Å². The number of nitrogens with zero attached hydrogens (tertiary/aromatic N) is 1. The van der Waals surface area contributed by atoms with Gasteiger partial charge < -0.3 is 21.8 Å². The standard InChI is InChI=1S/C9H10N2OS.C7H13NO.C2H6.2H2O.H2/c1-13-7-4-2-6(3-5-7)8(10)9(11)12;1-3-4-5-8-7(2)6-9;1-2;;;/h2-5,10H,1H3,(H2,11,12);3-5,7,9H,6H2,1-2H3;1-2H3;2*1H2;1H/b;4-3-,8-5?;;;;. The van der Waals surface area contributed by atoms with Gasteiger partial charge in [-0.25, -0.2) is 0 Å². The molecule has 152 valence electrons. The van der Waals surface area contributed by atoms with Crippen LogP contribution in [0, 0.1) is 5.41 Å². The molecule has 1 aromatic carbocycles. The van der Waals surface area contributed by atoms with Crippen LogP contribution < -0.4 is 5.73 Å². The zero-order valence-electron chi connectivity index (χ0n) is 16.1. The number of nitrogens with two attached hydrogens (primary N) is 1. The minimum Gasteiger partial charge on any atom is -0.412 e. The van der Waals surface area contributed by atoms with E-state index in [9.17, 15) is 4.79 Å². The highest BCUT2D eigenvalue weighted by Crippen LogP contribution is 2.14. The maximum Gasteiger partial charge on any atom is 0.267 e. The summed E-state index contributed by atoms with van der Waals surface area (Å²) in [4.78, 5) is 15.7. The Morgan fingerprint density at radius 3 is 2.19 bits per heavy atom. The summed E-state index contributed by atoms with van der Waals surface area (Å²) in [5.41, 5.74) is 5.38. The van der Waals surface area contributed by atoms with Gasteiger partial charge in [0, 0.05) is 18.1 Å². The van der Waals surface area contributed by atoms with Crippen LogP contribution in [0.2, 0.25) is 0 Å². The Labute approximate surface area is 162 Å². The minimum atomic E-state index is -0.697. The molecule has 8 heteroatoms. The second-order valence-electron chi connectivity index (χ2n) is 4.32. The van der Waals surface area contributed by atoms with Gasteiger partial charge in [0.1, 0.15) is 5.71 Å². The molecule has 0 aliphatic heterocycles. The number of carbonyl (C=O) groups is 1. The van der Waals surface area contributed by atoms with E-state index in [0.717, 1.165) is 4.90 Å². The van der Waals surface area contributed by atoms with Gasteiger partial charge in [-0.1, -0.05) is 32.1 Å². The molecule has 0 bridgehead atoms. The number of aliphatic hydroxyl groups excluding tert-OH is 1. The van der Waals surface area contributed by atoms with Crippen molar-refractivity contribution in [1.82, 2.24) is 0 Å². The van der Waals surface area contributed by atoms with Crippen LogP contribution in [0.5, 0.6) is 0 Å². The average molecular weight is 390 g/mol. The van der Waals surface area contributed by atoms with Crippen molar-refractivity contribution in [2.45, 2.75) is 38.6 Å². The number of carbonyl (C=O) groups excluding carboxylic acids is 1. The first-order valence-corrected chi connectivity index (χ1v) is 8.96. The fourth-order valence-electron chi connectivity index (χ4n) is 1.23. The predicted molar refractivity (Wildman–Crippen MR) is 115 cm³/mol. The van der Waals surface area contributed by atoms with E-state index in [4.69, 9.17) is 16.2 Å². The minimum absolute atomic E-state index is 0. The zero-order chi connectivity index (χ0) is 19.0. The number of aliphatic imine (C=N–C) groups is 1. The third-order valence-electron chi connectivity index (χ3n) is 2.51. The first-order chi connectivity index (χ1) is 11.5. The van der Waals surface area contributed by atoms with Crippen molar-refractivity contribution in [1.29, 1.82) is 5.41 Å². The molecule has 8 N–H and O–H groups in total. The predicted octanol–water partition coefficient (Wildman–Crippen LogP) is 1.90. The Kier molecular flexibility index (Phi) is 25.7. The van der Waals surface area contributed by atoms with E-state index in [1.54, 1.807) is 30.1 Å². The number of hydrogen-bond donors (Lipinski definition) is 3. The summed E-state index contributed by atoms with van der Waals surface area (Å²) in [6.07, 6.45) is 7.40. The summed E-state index contributed by atoms with van der Waals surface area (Å²) in [5.74, 6) is -0.697. The molecule has 1 atom stereocenters. The Balaban J connectivity index is -0.000000104. The van der Waals surface area contributed by atoms with Gasteiger partial charge in [0.2, 0.25) is 0 Å². The number of amides is 1. The molecule has 1 amide bonds. The van der Waals surface area contributed by atoms with Crippen molar-refractivity contribution >= 4 is 29.6 Å². The van der Waals surface area contributed by atoms with E-state index < -0.39 is 5.91 Å². The molecule has 0 heterocycles. The second-order valence-corrected chi connectivity index (χ2v) is 5.20. The molecular weight excluding hydrogens is 354 g/mol. The summed E-state index contributed by atoms with van der Waals surface area (Å²) in [7, 11) is 0. The van der Waals surface area contributed by atoms with Gasteiger partial charge in [0.05, 0.1) is 12.6 Å². The number of nitrogens with one attached hydrogen (secondary N) is 1. The van der Waals surface area contributed by atoms with E-state index in [1.165, 1.54) is 0 Å². The molecule has 0 saturated heterocycles. The summed E-state index contributed by atoms with van der Waals surface area (Å²) in [5, 5.41) is 15.8. The van der Waals surface area contributed by atoms with Crippen LogP contribution in [0.3, 0.4) is 0 Å². The molecule has 26 heavy (non-hydrogen) atoms. The van der Waals surface area contributed by atoms with Gasteiger partial charge in [-0.2, -0.15) is 0 Å². The monoisotopic (exact) mass is 389 g/mol. The van der Waals surface area contributed by atoms with Crippen molar-refractivity contribution in [3.63, 3.8) is 0 Å². The Morgan fingerprint density at radius 2 is 1.85 bits per heavy atom. The van der Waals surface area contributed by atoms with Crippen molar-refractivity contribution in [3.8, 4) is 0 Å². The summed E-state index contributed by atoms with van der Waals surface area (Å²) < 4.78 is 0. The molecule has 0 aliphatic rings. The van der Waals surface area contributed by atoms with Crippen molar-refractivity contribution in [2.24, 2.45) is 10.7 Å². The summed E-state index contributed by atoms with van der Waals surface area (Å²) >= 11 is 1.61. The highest BCUT2D eigenvalue weighted by atomic mass is 32.2. The summed E-state index contributed by atoms with van der Waals surface area (Å²) in [6, 6.07) is 7.19. The van der Waals surface area contributed by atoms with Crippen LogP contribution in [-0.4, -0.2) is 52.8 Å². The van der Waals surface area contributed by atoms with E-state index >= 15 is 0 Å². The third-order valence-corrected chi connectivity index (χ3v) is 3.25. The van der Waals surface area contributed by atoms with Crippen LogP contribution in [0.25, 0.3) is 0 Å². The number of thioether (sulfide) groups is 1. The number of aliphatic hydroxyl groups is 1. The van der Waals surface area contributed by atoms with Crippen LogP contribution in [-0.2, 0) is 4.79 Å². The molecule has 7 nitrogen and oxygen atoms in total. The highest BCUT2D eigenvalue weighted by molar-refractivity contribution is 7.98. The highest BCUT2D eigenvalue weighted by Gasteiger charge is 2.06. The van der Waals surface area contributed by atoms with Crippen LogP contribution in [0.4, 0.5) is 0 Å². The van der Waals surface area contributed by atoms with E-state index in [1.807, 2.05) is 58.2 Å². The van der Waals surface area contributed by atoms with Crippen LogP contribution in [0.15, 0.2) is 46.3 Å². The lowest BCUT2D eigenvalue weighted by molar-refractivity contribution is -0.112. The average Bonchev–Trinajstić information content (AvgIpc) is 2.63. The van der Waals surface area contributed by atoms with Crippen molar-refractivity contribution in [2.75, 3.05) is 12.9 Å². The van der Waals surface area contributed by atoms with Gasteiger partial charge in [-0.15, -0.1) is 11.8 Å². The quantitative estimate of drug-likeness (QED) is 0.501. The zero-order valence-corrected chi connectivity index (χ0v) is 16.9. The molecule has 0 fully saturated rings. The number of primary amides is 1. The summed E-state index contributed by atoms with van der Waals surface area (Å²) in [6.45, 7) is 7.91. The van der Waals surface area contributed by atoms with Gasteiger partial charge in [-0.05, 0) is 38.3 Å².